The molecule has 0 aliphatic heterocycles. The number of benzene rings is 1. The third kappa shape index (κ3) is 3.90. The van der Waals surface area contributed by atoms with Gasteiger partial charge in [-0.2, -0.15) is 4.98 Å². The van der Waals surface area contributed by atoms with Crippen LogP contribution in [0.15, 0.2) is 28.7 Å². The zero-order chi connectivity index (χ0) is 20.6. The van der Waals surface area contributed by atoms with Gasteiger partial charge in [0.25, 0.3) is 5.91 Å². The van der Waals surface area contributed by atoms with E-state index in [4.69, 9.17) is 9.15 Å². The minimum Gasteiger partial charge on any atom is -0.497 e. The van der Waals surface area contributed by atoms with Crippen molar-refractivity contribution in [1.82, 2.24) is 15.3 Å². The van der Waals surface area contributed by atoms with Crippen LogP contribution in [0.4, 0.5) is 5.82 Å². The number of amides is 1. The number of methoxy groups -OCH3 is 1. The molecule has 1 fully saturated rings. The Kier molecular flexibility index (Phi) is 4.90. The molecule has 1 amide bonds. The quantitative estimate of drug-likeness (QED) is 0.630. The molecule has 3 aromatic rings. The molecule has 1 aromatic carbocycles. The second-order valence-electron chi connectivity index (χ2n) is 7.77. The number of carbonyl (C=O) groups excluding carboxylic acids is 1. The van der Waals surface area contributed by atoms with E-state index < -0.39 is 0 Å². The molecule has 1 saturated carbocycles. The van der Waals surface area contributed by atoms with Crippen LogP contribution in [-0.2, 0) is 13.0 Å². The fourth-order valence-electron chi connectivity index (χ4n) is 3.29. The maximum atomic E-state index is 13.0. The van der Waals surface area contributed by atoms with Gasteiger partial charge in [0.05, 0.1) is 18.1 Å². The summed E-state index contributed by atoms with van der Waals surface area (Å²) in [5.41, 5.74) is 1.95. The average molecular weight is 394 g/mol. The standard InChI is InChI=1S/C22H26N4O3/c1-5-16-24-19(26-22(3)10-11-22)18-17(13(2)29-21(18)25-16)20(27)23-12-14-6-8-15(28-4)9-7-14/h6-9H,5,10-12H2,1-4H3,(H,23,27)(H,24,25,26). The fraction of sp³-hybridized carbons (Fsp3) is 0.409. The molecule has 29 heavy (non-hydrogen) atoms. The van der Waals surface area contributed by atoms with E-state index >= 15 is 0 Å². The van der Waals surface area contributed by atoms with Gasteiger partial charge in [0.1, 0.15) is 23.2 Å². The van der Waals surface area contributed by atoms with Gasteiger partial charge in [-0.1, -0.05) is 19.1 Å². The van der Waals surface area contributed by atoms with Gasteiger partial charge in [-0.05, 0) is 44.4 Å². The smallest absolute Gasteiger partial charge is 0.255 e. The number of hydrogen-bond acceptors (Lipinski definition) is 6. The first kappa shape index (κ1) is 19.2. The van der Waals surface area contributed by atoms with Crippen LogP contribution in [0.3, 0.4) is 0 Å². The number of furan rings is 1. The van der Waals surface area contributed by atoms with E-state index in [2.05, 4.69) is 27.5 Å². The minimum absolute atomic E-state index is 0.0221. The van der Waals surface area contributed by atoms with Gasteiger partial charge in [0, 0.05) is 18.5 Å². The Bertz CT molecular complexity index is 1050. The van der Waals surface area contributed by atoms with Crippen molar-refractivity contribution in [3.8, 4) is 5.75 Å². The number of rotatable bonds is 7. The normalized spacial score (nSPS) is 14.6. The molecule has 2 N–H and O–H groups in total. The van der Waals surface area contributed by atoms with Crippen LogP contribution < -0.4 is 15.4 Å². The highest BCUT2D eigenvalue weighted by molar-refractivity contribution is 6.10. The highest BCUT2D eigenvalue weighted by Gasteiger charge is 2.38. The average Bonchev–Trinajstić information content (AvgIpc) is 3.34. The number of carbonyl (C=O) groups is 1. The molecule has 2 aromatic heterocycles. The van der Waals surface area contributed by atoms with Crippen molar-refractivity contribution in [1.29, 1.82) is 0 Å². The molecule has 0 bridgehead atoms. The van der Waals surface area contributed by atoms with Gasteiger partial charge in [0.15, 0.2) is 0 Å². The van der Waals surface area contributed by atoms with Gasteiger partial charge in [-0.3, -0.25) is 4.79 Å². The van der Waals surface area contributed by atoms with E-state index in [0.717, 1.165) is 24.2 Å². The first-order valence-corrected chi connectivity index (χ1v) is 9.92. The van der Waals surface area contributed by atoms with E-state index in [1.807, 2.05) is 31.2 Å². The number of nitrogens with zero attached hydrogens (tertiary/aromatic N) is 2. The zero-order valence-electron chi connectivity index (χ0n) is 17.3. The molecule has 4 rings (SSSR count). The van der Waals surface area contributed by atoms with Crippen molar-refractivity contribution in [2.24, 2.45) is 0 Å². The van der Waals surface area contributed by atoms with Crippen LogP contribution in [-0.4, -0.2) is 28.5 Å². The number of anilines is 1. The molecule has 1 aliphatic carbocycles. The molecule has 0 unspecified atom stereocenters. The minimum atomic E-state index is -0.200. The van der Waals surface area contributed by atoms with E-state index in [9.17, 15) is 4.79 Å². The van der Waals surface area contributed by atoms with Crippen LogP contribution in [0.5, 0.6) is 5.75 Å². The van der Waals surface area contributed by atoms with Gasteiger partial charge >= 0.3 is 0 Å². The molecular formula is C22H26N4O3. The fourth-order valence-corrected chi connectivity index (χ4v) is 3.29. The van der Waals surface area contributed by atoms with Gasteiger partial charge < -0.3 is 19.8 Å². The first-order chi connectivity index (χ1) is 13.9. The molecule has 1 aliphatic rings. The summed E-state index contributed by atoms with van der Waals surface area (Å²) in [4.78, 5) is 22.2. The maximum Gasteiger partial charge on any atom is 0.255 e. The Morgan fingerprint density at radius 3 is 2.59 bits per heavy atom. The highest BCUT2D eigenvalue weighted by Crippen LogP contribution is 2.40. The second-order valence-corrected chi connectivity index (χ2v) is 7.77. The number of aryl methyl sites for hydroxylation is 2. The topological polar surface area (TPSA) is 89.3 Å². The van der Waals surface area contributed by atoms with Crippen LogP contribution in [0.1, 0.15) is 54.2 Å². The Hall–Kier alpha value is -3.09. The molecule has 0 radical (unpaired) electrons. The summed E-state index contributed by atoms with van der Waals surface area (Å²) in [5, 5.41) is 7.14. The number of ether oxygens (including phenoxy) is 1. The summed E-state index contributed by atoms with van der Waals surface area (Å²) in [7, 11) is 1.63. The molecule has 7 heteroatoms. The molecule has 2 heterocycles. The Morgan fingerprint density at radius 1 is 1.24 bits per heavy atom. The third-order valence-electron chi connectivity index (χ3n) is 5.35. The van der Waals surface area contributed by atoms with Gasteiger partial charge in [0.2, 0.25) is 5.71 Å². The summed E-state index contributed by atoms with van der Waals surface area (Å²) >= 11 is 0. The lowest BCUT2D eigenvalue weighted by molar-refractivity contribution is 0.0951. The Morgan fingerprint density at radius 2 is 1.97 bits per heavy atom. The third-order valence-corrected chi connectivity index (χ3v) is 5.35. The lowest BCUT2D eigenvalue weighted by atomic mass is 10.1. The van der Waals surface area contributed by atoms with Crippen molar-refractivity contribution in [3.05, 3.63) is 47.0 Å². The number of fused-ring (bicyclic) bond motifs is 1. The summed E-state index contributed by atoms with van der Waals surface area (Å²) in [5.74, 6) is 2.50. The van der Waals surface area contributed by atoms with Crippen LogP contribution >= 0.6 is 0 Å². The lowest BCUT2D eigenvalue weighted by Gasteiger charge is -2.14. The number of nitrogens with one attached hydrogen (secondary N) is 2. The molecule has 0 saturated heterocycles. The van der Waals surface area contributed by atoms with E-state index in [-0.39, 0.29) is 11.4 Å². The molecule has 0 spiro atoms. The monoisotopic (exact) mass is 394 g/mol. The zero-order valence-corrected chi connectivity index (χ0v) is 17.3. The summed E-state index contributed by atoms with van der Waals surface area (Å²) in [6.07, 6.45) is 2.85. The Labute approximate surface area is 169 Å². The molecule has 7 nitrogen and oxygen atoms in total. The largest absolute Gasteiger partial charge is 0.497 e. The summed E-state index contributed by atoms with van der Waals surface area (Å²) in [6.45, 7) is 6.35. The SMILES string of the molecule is CCc1nc(NC2(C)CC2)c2c(C(=O)NCc3ccc(OC)cc3)c(C)oc2n1. The summed E-state index contributed by atoms with van der Waals surface area (Å²) < 4.78 is 11.0. The van der Waals surface area contributed by atoms with Crippen molar-refractivity contribution < 1.29 is 13.9 Å². The molecule has 152 valence electrons. The van der Waals surface area contributed by atoms with Crippen molar-refractivity contribution >= 4 is 22.8 Å². The molecular weight excluding hydrogens is 368 g/mol. The van der Waals surface area contributed by atoms with Crippen LogP contribution in [0.25, 0.3) is 11.1 Å². The van der Waals surface area contributed by atoms with Crippen molar-refractivity contribution in [3.63, 3.8) is 0 Å². The maximum absolute atomic E-state index is 13.0. The van der Waals surface area contributed by atoms with E-state index in [1.165, 1.54) is 0 Å². The first-order valence-electron chi connectivity index (χ1n) is 9.92. The Balaban J connectivity index is 1.64. The van der Waals surface area contributed by atoms with E-state index in [0.29, 0.717) is 47.0 Å². The van der Waals surface area contributed by atoms with E-state index in [1.54, 1.807) is 14.0 Å². The van der Waals surface area contributed by atoms with Gasteiger partial charge in [-0.25, -0.2) is 4.98 Å². The highest BCUT2D eigenvalue weighted by atomic mass is 16.5. The van der Waals surface area contributed by atoms with Crippen LogP contribution in [0, 0.1) is 6.92 Å². The summed E-state index contributed by atoms with van der Waals surface area (Å²) in [6, 6.07) is 7.60. The second kappa shape index (κ2) is 7.39. The number of aromatic nitrogens is 2. The van der Waals surface area contributed by atoms with Gasteiger partial charge in [-0.15, -0.1) is 0 Å². The predicted octanol–water partition coefficient (Wildman–Crippen LogP) is 4.00. The van der Waals surface area contributed by atoms with Crippen molar-refractivity contribution in [2.75, 3.05) is 12.4 Å². The molecule has 0 atom stereocenters. The predicted molar refractivity (Wildman–Crippen MR) is 111 cm³/mol. The van der Waals surface area contributed by atoms with Crippen molar-refractivity contribution in [2.45, 2.75) is 52.1 Å². The number of hydrogen-bond donors (Lipinski definition) is 2. The lowest BCUT2D eigenvalue weighted by Crippen LogP contribution is -2.24. The van der Waals surface area contributed by atoms with Crippen LogP contribution in [0.2, 0.25) is 0 Å².